The number of amides is 1. The van der Waals surface area contributed by atoms with Crippen LogP contribution in [0.3, 0.4) is 0 Å². The number of carbonyl (C=O) groups excluding carboxylic acids is 1. The maximum Gasteiger partial charge on any atom is 0.223 e. The van der Waals surface area contributed by atoms with Crippen molar-refractivity contribution in [3.63, 3.8) is 0 Å². The summed E-state index contributed by atoms with van der Waals surface area (Å²) >= 11 is 0. The molecule has 0 saturated heterocycles. The topological polar surface area (TPSA) is 51.3 Å². The number of unbranched alkanes of at least 4 members (excludes halogenated alkanes) is 1. The minimum atomic E-state index is 0.181. The molecular formula is C18H25N3O2. The summed E-state index contributed by atoms with van der Waals surface area (Å²) in [5, 5.41) is 4.66. The predicted molar refractivity (Wildman–Crippen MR) is 87.7 cm³/mol. The second kappa shape index (κ2) is 7.02. The maximum absolute atomic E-state index is 12.6. The highest BCUT2D eigenvalue weighted by molar-refractivity contribution is 5.76. The van der Waals surface area contributed by atoms with Gasteiger partial charge in [0.15, 0.2) is 0 Å². The third-order valence-corrected chi connectivity index (χ3v) is 4.56. The summed E-state index contributed by atoms with van der Waals surface area (Å²) in [6.07, 6.45) is 7.56. The molecule has 0 aliphatic heterocycles. The number of aryl methyl sites for hydroxylation is 1. The first-order chi connectivity index (χ1) is 11.2. The summed E-state index contributed by atoms with van der Waals surface area (Å²) in [5.74, 6) is 1.00. The molecular weight excluding hydrogens is 290 g/mol. The quantitative estimate of drug-likeness (QED) is 0.788. The van der Waals surface area contributed by atoms with Crippen LogP contribution in [0, 0.1) is 0 Å². The monoisotopic (exact) mass is 315 g/mol. The Kier molecular flexibility index (Phi) is 4.84. The average molecular weight is 315 g/mol. The van der Waals surface area contributed by atoms with Crippen molar-refractivity contribution in [2.75, 3.05) is 0 Å². The zero-order chi connectivity index (χ0) is 16.2. The number of carbonyl (C=O) groups is 1. The fraction of sp³-hybridized carbons (Fsp3) is 0.556. The lowest BCUT2D eigenvalue weighted by atomic mass is 10.1. The summed E-state index contributed by atoms with van der Waals surface area (Å²) in [5.41, 5.74) is 3.73. The van der Waals surface area contributed by atoms with Gasteiger partial charge in [-0.2, -0.15) is 5.10 Å². The van der Waals surface area contributed by atoms with Gasteiger partial charge in [-0.1, -0.05) is 13.3 Å². The number of rotatable bonds is 7. The van der Waals surface area contributed by atoms with E-state index < -0.39 is 0 Å². The first kappa shape index (κ1) is 15.8. The molecule has 0 aromatic carbocycles. The van der Waals surface area contributed by atoms with Crippen molar-refractivity contribution in [2.45, 2.75) is 58.5 Å². The molecule has 2 aromatic rings. The Labute approximate surface area is 137 Å². The molecule has 1 amide bonds. The summed E-state index contributed by atoms with van der Waals surface area (Å²) < 4.78 is 7.42. The van der Waals surface area contributed by atoms with Crippen LogP contribution >= 0.6 is 0 Å². The summed E-state index contributed by atoms with van der Waals surface area (Å²) in [6.45, 7) is 3.20. The highest BCUT2D eigenvalue weighted by Crippen LogP contribution is 2.26. The van der Waals surface area contributed by atoms with E-state index in [9.17, 15) is 4.79 Å². The molecule has 0 atom stereocenters. The van der Waals surface area contributed by atoms with Gasteiger partial charge in [0.05, 0.1) is 25.0 Å². The van der Waals surface area contributed by atoms with Crippen LogP contribution in [0.4, 0.5) is 0 Å². The zero-order valence-corrected chi connectivity index (χ0v) is 14.0. The van der Waals surface area contributed by atoms with E-state index >= 15 is 0 Å². The smallest absolute Gasteiger partial charge is 0.223 e. The van der Waals surface area contributed by atoms with Crippen molar-refractivity contribution < 1.29 is 9.21 Å². The van der Waals surface area contributed by atoms with E-state index in [-0.39, 0.29) is 5.91 Å². The van der Waals surface area contributed by atoms with Gasteiger partial charge in [-0.15, -0.1) is 0 Å². The van der Waals surface area contributed by atoms with Crippen LogP contribution in [0.25, 0.3) is 0 Å². The largest absolute Gasteiger partial charge is 0.467 e. The third-order valence-electron chi connectivity index (χ3n) is 4.56. The first-order valence-corrected chi connectivity index (χ1v) is 8.52. The Morgan fingerprint density at radius 1 is 1.39 bits per heavy atom. The van der Waals surface area contributed by atoms with Crippen molar-refractivity contribution in [1.29, 1.82) is 0 Å². The highest BCUT2D eigenvalue weighted by atomic mass is 16.3. The van der Waals surface area contributed by atoms with E-state index in [1.807, 2.05) is 28.8 Å². The standard InChI is InChI=1S/C18H25N3O2/c1-3-4-10-18(22)21(12-14-7-6-11-23-14)13-16-15-8-5-9-17(15)20(2)19-16/h6-7,11H,3-5,8-10,12-13H2,1-2H3. The van der Waals surface area contributed by atoms with E-state index in [0.29, 0.717) is 19.5 Å². The molecule has 1 aliphatic rings. The van der Waals surface area contributed by atoms with E-state index in [0.717, 1.165) is 37.1 Å². The molecule has 0 bridgehead atoms. The molecule has 0 saturated carbocycles. The second-order valence-corrected chi connectivity index (χ2v) is 6.28. The molecule has 1 aliphatic carbocycles. The number of fused-ring (bicyclic) bond motifs is 1. The van der Waals surface area contributed by atoms with Gasteiger partial charge in [0.2, 0.25) is 5.91 Å². The van der Waals surface area contributed by atoms with Gasteiger partial charge in [0.1, 0.15) is 5.76 Å². The van der Waals surface area contributed by atoms with Gasteiger partial charge < -0.3 is 9.32 Å². The number of nitrogens with zero attached hydrogens (tertiary/aromatic N) is 3. The molecule has 0 unspecified atom stereocenters. The van der Waals surface area contributed by atoms with Crippen LogP contribution in [-0.2, 0) is 37.8 Å². The Morgan fingerprint density at radius 3 is 3.00 bits per heavy atom. The number of hydrogen-bond donors (Lipinski definition) is 0. The SMILES string of the molecule is CCCCC(=O)N(Cc1ccco1)Cc1nn(C)c2c1CCC2. The van der Waals surface area contributed by atoms with E-state index in [1.54, 1.807) is 6.26 Å². The van der Waals surface area contributed by atoms with Gasteiger partial charge in [-0.25, -0.2) is 0 Å². The van der Waals surface area contributed by atoms with Crippen molar-refractivity contribution >= 4 is 5.91 Å². The van der Waals surface area contributed by atoms with Gasteiger partial charge >= 0.3 is 0 Å². The van der Waals surface area contributed by atoms with Crippen LogP contribution in [0.5, 0.6) is 0 Å². The normalized spacial score (nSPS) is 13.3. The van der Waals surface area contributed by atoms with Crippen LogP contribution in [-0.4, -0.2) is 20.6 Å². The molecule has 3 rings (SSSR count). The zero-order valence-electron chi connectivity index (χ0n) is 14.0. The van der Waals surface area contributed by atoms with Crippen LogP contribution < -0.4 is 0 Å². The molecule has 23 heavy (non-hydrogen) atoms. The Hall–Kier alpha value is -2.04. The lowest BCUT2D eigenvalue weighted by Gasteiger charge is -2.21. The third kappa shape index (κ3) is 3.49. The van der Waals surface area contributed by atoms with Gasteiger partial charge in [-0.05, 0) is 43.4 Å². The van der Waals surface area contributed by atoms with Crippen LogP contribution in [0.2, 0.25) is 0 Å². The van der Waals surface area contributed by atoms with Crippen molar-refractivity contribution in [3.8, 4) is 0 Å². The second-order valence-electron chi connectivity index (χ2n) is 6.28. The molecule has 124 valence electrons. The molecule has 0 radical (unpaired) electrons. The molecule has 5 heteroatoms. The van der Waals surface area contributed by atoms with Crippen molar-refractivity contribution in [1.82, 2.24) is 14.7 Å². The van der Waals surface area contributed by atoms with Gasteiger partial charge in [0, 0.05) is 19.2 Å². The molecule has 5 nitrogen and oxygen atoms in total. The minimum Gasteiger partial charge on any atom is -0.467 e. The maximum atomic E-state index is 12.6. The van der Waals surface area contributed by atoms with Crippen LogP contribution in [0.1, 0.15) is 55.3 Å². The van der Waals surface area contributed by atoms with E-state index in [4.69, 9.17) is 4.42 Å². The molecule has 0 spiro atoms. The summed E-state index contributed by atoms with van der Waals surface area (Å²) in [7, 11) is 2.00. The lowest BCUT2D eigenvalue weighted by Crippen LogP contribution is -2.30. The number of aromatic nitrogens is 2. The molecule has 2 heterocycles. The Balaban J connectivity index is 1.77. The number of furan rings is 1. The fourth-order valence-electron chi connectivity index (χ4n) is 3.31. The average Bonchev–Trinajstić information content (AvgIpc) is 3.25. The lowest BCUT2D eigenvalue weighted by molar-refractivity contribution is -0.132. The van der Waals surface area contributed by atoms with Crippen molar-refractivity contribution in [2.24, 2.45) is 7.05 Å². The fourth-order valence-corrected chi connectivity index (χ4v) is 3.31. The molecule has 0 N–H and O–H groups in total. The summed E-state index contributed by atoms with van der Waals surface area (Å²) in [4.78, 5) is 14.5. The summed E-state index contributed by atoms with van der Waals surface area (Å²) in [6, 6.07) is 3.78. The first-order valence-electron chi connectivity index (χ1n) is 8.52. The molecule has 0 fully saturated rings. The van der Waals surface area contributed by atoms with E-state index in [2.05, 4.69) is 12.0 Å². The van der Waals surface area contributed by atoms with Crippen LogP contribution in [0.15, 0.2) is 22.8 Å². The molecule has 2 aromatic heterocycles. The number of hydrogen-bond acceptors (Lipinski definition) is 3. The Morgan fingerprint density at radius 2 is 2.26 bits per heavy atom. The van der Waals surface area contributed by atoms with Gasteiger partial charge in [0.25, 0.3) is 0 Å². The van der Waals surface area contributed by atoms with Crippen molar-refractivity contribution in [3.05, 3.63) is 41.1 Å². The highest BCUT2D eigenvalue weighted by Gasteiger charge is 2.24. The Bertz CT molecular complexity index is 658. The van der Waals surface area contributed by atoms with Gasteiger partial charge in [-0.3, -0.25) is 9.48 Å². The van der Waals surface area contributed by atoms with E-state index in [1.165, 1.54) is 17.7 Å². The minimum absolute atomic E-state index is 0.181. The predicted octanol–water partition coefficient (Wildman–Crippen LogP) is 3.22.